The number of hydrazone groups is 1. The zero-order chi connectivity index (χ0) is 22.3. The van der Waals surface area contributed by atoms with Gasteiger partial charge in [-0.3, -0.25) is 14.1 Å². The van der Waals surface area contributed by atoms with Crippen LogP contribution in [0.2, 0.25) is 0 Å². The van der Waals surface area contributed by atoms with Crippen molar-refractivity contribution in [2.45, 2.75) is 4.90 Å². The minimum Gasteiger partial charge on any atom is -0.478 e. The topological polar surface area (TPSA) is 129 Å². The highest BCUT2D eigenvalue weighted by Crippen LogP contribution is 2.22. The molecule has 0 atom stereocenters. The maximum Gasteiger partial charge on any atom is 0.336 e. The predicted molar refractivity (Wildman–Crippen MR) is 114 cm³/mol. The number of nitrogens with one attached hydrogen (secondary N) is 1. The Morgan fingerprint density at radius 2 is 1.74 bits per heavy atom. The van der Waals surface area contributed by atoms with Gasteiger partial charge >= 0.3 is 5.97 Å². The summed E-state index contributed by atoms with van der Waals surface area (Å²) < 4.78 is 27.1. The molecule has 1 heterocycles. The van der Waals surface area contributed by atoms with Crippen molar-refractivity contribution in [1.29, 1.82) is 0 Å². The number of anilines is 1. The number of aromatic carboxylic acids is 1. The van der Waals surface area contributed by atoms with E-state index in [1.807, 2.05) is 0 Å². The molecule has 0 unspecified atom stereocenters. The number of nitrogens with zero attached hydrogens (tertiary/aromatic N) is 3. The van der Waals surface area contributed by atoms with Gasteiger partial charge in [-0.05, 0) is 30.3 Å². The number of pyridine rings is 1. The normalized spacial score (nSPS) is 11.2. The van der Waals surface area contributed by atoms with Crippen molar-refractivity contribution in [3.05, 3.63) is 90.3 Å². The van der Waals surface area contributed by atoms with E-state index in [0.717, 1.165) is 4.31 Å². The number of amides is 1. The molecular weight excluding hydrogens is 420 g/mol. The van der Waals surface area contributed by atoms with E-state index in [4.69, 9.17) is 0 Å². The first kappa shape index (κ1) is 21.7. The zero-order valence-electron chi connectivity index (χ0n) is 16.1. The van der Waals surface area contributed by atoms with Crippen LogP contribution in [0.25, 0.3) is 0 Å². The SMILES string of the molecule is O=C(CN(c1cccnc1)S(=O)(=O)c1ccccc1)N/N=C\c1ccccc1C(=O)O. The molecule has 0 aliphatic rings. The van der Waals surface area contributed by atoms with Gasteiger partial charge in [0.15, 0.2) is 0 Å². The smallest absolute Gasteiger partial charge is 0.336 e. The van der Waals surface area contributed by atoms with Crippen LogP contribution in [0.1, 0.15) is 15.9 Å². The number of aromatic nitrogens is 1. The van der Waals surface area contributed by atoms with Gasteiger partial charge in [-0.15, -0.1) is 0 Å². The third kappa shape index (κ3) is 5.31. The van der Waals surface area contributed by atoms with Crippen LogP contribution < -0.4 is 9.73 Å². The first-order chi connectivity index (χ1) is 14.9. The summed E-state index contributed by atoms with van der Waals surface area (Å²) in [6.45, 7) is -0.555. The van der Waals surface area contributed by atoms with E-state index in [1.165, 1.54) is 48.9 Å². The minimum absolute atomic E-state index is 0.0177. The monoisotopic (exact) mass is 438 g/mol. The number of carboxylic acid groups (broad SMARTS) is 1. The van der Waals surface area contributed by atoms with E-state index in [1.54, 1.807) is 36.4 Å². The summed E-state index contributed by atoms with van der Waals surface area (Å²) in [6, 6.07) is 16.9. The van der Waals surface area contributed by atoms with Crippen molar-refractivity contribution in [3.63, 3.8) is 0 Å². The van der Waals surface area contributed by atoms with E-state index in [-0.39, 0.29) is 21.7 Å². The van der Waals surface area contributed by atoms with Crippen molar-refractivity contribution in [1.82, 2.24) is 10.4 Å². The Morgan fingerprint density at radius 3 is 2.42 bits per heavy atom. The number of carboxylic acids is 1. The van der Waals surface area contributed by atoms with Crippen LogP contribution in [0.3, 0.4) is 0 Å². The van der Waals surface area contributed by atoms with Gasteiger partial charge in [0, 0.05) is 11.8 Å². The number of sulfonamides is 1. The molecule has 0 spiro atoms. The maximum atomic E-state index is 13.1. The molecule has 31 heavy (non-hydrogen) atoms. The van der Waals surface area contributed by atoms with Gasteiger partial charge in [0.05, 0.1) is 28.6 Å². The quantitative estimate of drug-likeness (QED) is 0.409. The summed E-state index contributed by atoms with van der Waals surface area (Å²) >= 11 is 0. The second-order valence-electron chi connectivity index (χ2n) is 6.22. The van der Waals surface area contributed by atoms with Crippen molar-refractivity contribution in [2.24, 2.45) is 5.10 Å². The molecule has 0 saturated heterocycles. The molecule has 0 radical (unpaired) electrons. The fourth-order valence-corrected chi connectivity index (χ4v) is 4.11. The summed E-state index contributed by atoms with van der Waals surface area (Å²) in [4.78, 5) is 27.6. The van der Waals surface area contributed by atoms with Crippen molar-refractivity contribution >= 4 is 33.8 Å². The molecule has 2 aromatic carbocycles. The lowest BCUT2D eigenvalue weighted by Crippen LogP contribution is -2.39. The van der Waals surface area contributed by atoms with Crippen LogP contribution in [0, 0.1) is 0 Å². The first-order valence-electron chi connectivity index (χ1n) is 9.01. The molecule has 1 amide bonds. The number of hydrogen-bond acceptors (Lipinski definition) is 6. The lowest BCUT2D eigenvalue weighted by molar-refractivity contribution is -0.119. The minimum atomic E-state index is -4.04. The standard InChI is InChI=1S/C21H18N4O5S/c26-20(24-23-13-16-7-4-5-11-19(16)21(27)28)15-25(17-8-6-12-22-14-17)31(29,30)18-9-2-1-3-10-18/h1-14H,15H2,(H,24,26)(H,27,28)/b23-13-. The van der Waals surface area contributed by atoms with Crippen molar-refractivity contribution in [2.75, 3.05) is 10.8 Å². The second-order valence-corrected chi connectivity index (χ2v) is 8.08. The van der Waals surface area contributed by atoms with E-state index in [9.17, 15) is 23.1 Å². The van der Waals surface area contributed by atoms with Crippen LogP contribution in [0.15, 0.2) is 89.1 Å². The van der Waals surface area contributed by atoms with Gasteiger partial charge in [0.1, 0.15) is 6.54 Å². The number of rotatable bonds is 8. The van der Waals surface area contributed by atoms with Gasteiger partial charge in [-0.25, -0.2) is 18.6 Å². The summed E-state index contributed by atoms with van der Waals surface area (Å²) in [7, 11) is -4.04. The average molecular weight is 438 g/mol. The highest BCUT2D eigenvalue weighted by molar-refractivity contribution is 7.92. The largest absolute Gasteiger partial charge is 0.478 e. The first-order valence-corrected chi connectivity index (χ1v) is 10.5. The van der Waals surface area contributed by atoms with Gasteiger partial charge in [0.2, 0.25) is 0 Å². The molecule has 0 aliphatic carbocycles. The molecule has 10 heteroatoms. The average Bonchev–Trinajstić information content (AvgIpc) is 2.79. The lowest BCUT2D eigenvalue weighted by Gasteiger charge is -2.23. The van der Waals surface area contributed by atoms with Crippen molar-refractivity contribution < 1.29 is 23.1 Å². The molecule has 0 bridgehead atoms. The molecule has 0 saturated carbocycles. The maximum absolute atomic E-state index is 13.1. The van der Waals surface area contributed by atoms with Crippen LogP contribution in [-0.2, 0) is 14.8 Å². The van der Waals surface area contributed by atoms with E-state index in [0.29, 0.717) is 0 Å². The summed E-state index contributed by atoms with van der Waals surface area (Å²) in [5.74, 6) is -1.85. The lowest BCUT2D eigenvalue weighted by atomic mass is 10.1. The summed E-state index contributed by atoms with van der Waals surface area (Å²) in [5.41, 5.74) is 2.75. The molecule has 1 aromatic heterocycles. The fraction of sp³-hybridized carbons (Fsp3) is 0.0476. The van der Waals surface area contributed by atoms with Gasteiger partial charge in [-0.2, -0.15) is 5.10 Å². The molecule has 0 aliphatic heterocycles. The molecule has 158 valence electrons. The highest BCUT2D eigenvalue weighted by Gasteiger charge is 2.27. The zero-order valence-corrected chi connectivity index (χ0v) is 16.9. The molecule has 3 rings (SSSR count). The van der Waals surface area contributed by atoms with E-state index < -0.39 is 28.4 Å². The van der Waals surface area contributed by atoms with Gasteiger partial charge in [0.25, 0.3) is 15.9 Å². The Labute approximate surface area is 178 Å². The number of benzene rings is 2. The summed E-state index contributed by atoms with van der Waals surface area (Å²) in [5, 5.41) is 12.9. The Kier molecular flexibility index (Phi) is 6.73. The fourth-order valence-electron chi connectivity index (χ4n) is 2.68. The van der Waals surface area contributed by atoms with Gasteiger partial charge < -0.3 is 5.11 Å². The molecule has 9 nitrogen and oxygen atoms in total. The third-order valence-electron chi connectivity index (χ3n) is 4.14. The van der Waals surface area contributed by atoms with Crippen LogP contribution in [-0.4, -0.2) is 43.1 Å². The van der Waals surface area contributed by atoms with E-state index in [2.05, 4.69) is 15.5 Å². The Morgan fingerprint density at radius 1 is 1.03 bits per heavy atom. The predicted octanol–water partition coefficient (Wildman–Crippen LogP) is 2.13. The summed E-state index contributed by atoms with van der Waals surface area (Å²) in [6.07, 6.45) is 4.00. The molecule has 2 N–H and O–H groups in total. The van der Waals surface area contributed by atoms with Crippen LogP contribution in [0.4, 0.5) is 5.69 Å². The van der Waals surface area contributed by atoms with Crippen LogP contribution >= 0.6 is 0 Å². The Balaban J connectivity index is 1.81. The Bertz CT molecular complexity index is 1200. The molecule has 3 aromatic rings. The number of hydrogen-bond donors (Lipinski definition) is 2. The Hall–Kier alpha value is -4.05. The van der Waals surface area contributed by atoms with Crippen molar-refractivity contribution in [3.8, 4) is 0 Å². The molecule has 0 fully saturated rings. The van der Waals surface area contributed by atoms with Crippen LogP contribution in [0.5, 0.6) is 0 Å². The number of carbonyl (C=O) groups excluding carboxylic acids is 1. The van der Waals surface area contributed by atoms with E-state index >= 15 is 0 Å². The third-order valence-corrected chi connectivity index (χ3v) is 5.92. The molecular formula is C21H18N4O5S. The highest BCUT2D eigenvalue weighted by atomic mass is 32.2. The second kappa shape index (κ2) is 9.63. The number of carbonyl (C=O) groups is 2. The van der Waals surface area contributed by atoms with Gasteiger partial charge in [-0.1, -0.05) is 36.4 Å².